The maximum absolute atomic E-state index is 5.58. The molecule has 2 fully saturated rings. The summed E-state index contributed by atoms with van der Waals surface area (Å²) < 4.78 is 5.58. The molecule has 0 aromatic carbocycles. The van der Waals surface area contributed by atoms with E-state index in [4.69, 9.17) is 4.74 Å². The van der Waals surface area contributed by atoms with Crippen molar-refractivity contribution < 1.29 is 4.74 Å². The number of rotatable bonds is 5. The normalized spacial score (nSPS) is 44.9. The molecule has 2 saturated carbocycles. The van der Waals surface area contributed by atoms with Crippen molar-refractivity contribution >= 4 is 0 Å². The van der Waals surface area contributed by atoms with Gasteiger partial charge >= 0.3 is 0 Å². The van der Waals surface area contributed by atoms with Crippen LogP contribution in [0.25, 0.3) is 0 Å². The van der Waals surface area contributed by atoms with E-state index in [9.17, 15) is 0 Å². The van der Waals surface area contributed by atoms with Gasteiger partial charge in [-0.15, -0.1) is 0 Å². The zero-order valence-corrected chi connectivity index (χ0v) is 10.2. The molecule has 2 nitrogen and oxygen atoms in total. The number of hydrogen-bond donors (Lipinski definition) is 1. The molecule has 0 aliphatic heterocycles. The van der Waals surface area contributed by atoms with Gasteiger partial charge in [0.2, 0.25) is 0 Å². The molecule has 0 amide bonds. The van der Waals surface area contributed by atoms with Crippen molar-refractivity contribution in [2.75, 3.05) is 13.2 Å². The molecular weight excluding hydrogens is 198 g/mol. The Morgan fingerprint density at radius 2 is 2.06 bits per heavy atom. The molecule has 90 valence electrons. The lowest BCUT2D eigenvalue weighted by atomic mass is 9.87. The minimum atomic E-state index is 0.544. The summed E-state index contributed by atoms with van der Waals surface area (Å²) in [4.78, 5) is 0. The van der Waals surface area contributed by atoms with Gasteiger partial charge in [-0.2, -0.15) is 0 Å². The Morgan fingerprint density at radius 1 is 1.19 bits per heavy atom. The zero-order valence-electron chi connectivity index (χ0n) is 10.2. The summed E-state index contributed by atoms with van der Waals surface area (Å²) >= 11 is 0. The number of fused-ring (bicyclic) bond motifs is 2. The van der Waals surface area contributed by atoms with Gasteiger partial charge in [0.15, 0.2) is 0 Å². The van der Waals surface area contributed by atoms with E-state index in [1.54, 1.807) is 0 Å². The topological polar surface area (TPSA) is 21.3 Å². The van der Waals surface area contributed by atoms with E-state index in [-0.39, 0.29) is 0 Å². The summed E-state index contributed by atoms with van der Waals surface area (Å²) in [5.41, 5.74) is 0. The van der Waals surface area contributed by atoms with Crippen LogP contribution in [0.5, 0.6) is 0 Å². The van der Waals surface area contributed by atoms with Crippen molar-refractivity contribution in [3.05, 3.63) is 12.2 Å². The van der Waals surface area contributed by atoms with Gasteiger partial charge in [-0.25, -0.2) is 0 Å². The largest absolute Gasteiger partial charge is 0.378 e. The van der Waals surface area contributed by atoms with Crippen LogP contribution in [0.3, 0.4) is 0 Å². The molecule has 0 spiro atoms. The summed E-state index contributed by atoms with van der Waals surface area (Å²) in [7, 11) is 0. The minimum absolute atomic E-state index is 0.544. The highest BCUT2D eigenvalue weighted by molar-refractivity contribution is 5.10. The third-order valence-electron chi connectivity index (χ3n) is 4.58. The highest BCUT2D eigenvalue weighted by Crippen LogP contribution is 2.43. The van der Waals surface area contributed by atoms with Crippen molar-refractivity contribution in [2.45, 2.75) is 44.8 Å². The number of nitrogens with one attached hydrogen (secondary N) is 1. The Kier molecular flexibility index (Phi) is 3.03. The minimum Gasteiger partial charge on any atom is -0.378 e. The Balaban J connectivity index is 1.35. The summed E-state index contributed by atoms with van der Waals surface area (Å²) in [6, 6.07) is 0.736. The molecule has 3 aliphatic rings. The van der Waals surface area contributed by atoms with E-state index in [0.29, 0.717) is 6.10 Å². The first kappa shape index (κ1) is 10.8. The fourth-order valence-corrected chi connectivity index (χ4v) is 3.55. The van der Waals surface area contributed by atoms with Crippen LogP contribution in [0.15, 0.2) is 12.2 Å². The van der Waals surface area contributed by atoms with Crippen LogP contribution in [0.1, 0.15) is 32.6 Å². The second kappa shape index (κ2) is 4.50. The van der Waals surface area contributed by atoms with Crippen LogP contribution < -0.4 is 5.32 Å². The molecule has 16 heavy (non-hydrogen) atoms. The molecule has 2 heteroatoms. The van der Waals surface area contributed by atoms with Crippen molar-refractivity contribution in [3.63, 3.8) is 0 Å². The Labute approximate surface area is 98.4 Å². The molecule has 0 aromatic heterocycles. The monoisotopic (exact) mass is 221 g/mol. The summed E-state index contributed by atoms with van der Waals surface area (Å²) in [5, 5.41) is 3.72. The van der Waals surface area contributed by atoms with Crippen LogP contribution in [-0.2, 0) is 4.74 Å². The lowest BCUT2D eigenvalue weighted by Crippen LogP contribution is -2.47. The molecule has 3 rings (SSSR count). The molecule has 2 bridgehead atoms. The Hall–Kier alpha value is -0.340. The van der Waals surface area contributed by atoms with Gasteiger partial charge in [0.1, 0.15) is 0 Å². The fourth-order valence-electron chi connectivity index (χ4n) is 3.55. The molecule has 3 unspecified atom stereocenters. The Morgan fingerprint density at radius 3 is 2.69 bits per heavy atom. The summed E-state index contributed by atoms with van der Waals surface area (Å²) in [6.45, 7) is 4.19. The molecule has 1 N–H and O–H groups in total. The molecule has 0 radical (unpaired) electrons. The molecular formula is C14H23NO. The zero-order chi connectivity index (χ0) is 11.0. The van der Waals surface area contributed by atoms with Gasteiger partial charge in [-0.3, -0.25) is 0 Å². The number of ether oxygens (including phenoxy) is 1. The van der Waals surface area contributed by atoms with E-state index in [0.717, 1.165) is 30.4 Å². The molecule has 3 aliphatic carbocycles. The second-order valence-corrected chi connectivity index (χ2v) is 5.69. The van der Waals surface area contributed by atoms with Crippen molar-refractivity contribution in [2.24, 2.45) is 17.8 Å². The average molecular weight is 221 g/mol. The third kappa shape index (κ3) is 2.05. The van der Waals surface area contributed by atoms with E-state index >= 15 is 0 Å². The first-order valence-corrected chi connectivity index (χ1v) is 6.88. The summed E-state index contributed by atoms with van der Waals surface area (Å²) in [5.74, 6) is 2.72. The fraction of sp³-hybridized carbons (Fsp3) is 0.857. The van der Waals surface area contributed by atoms with Crippen LogP contribution in [-0.4, -0.2) is 25.3 Å². The highest BCUT2D eigenvalue weighted by Gasteiger charge is 2.36. The van der Waals surface area contributed by atoms with Gasteiger partial charge in [0.05, 0.1) is 6.10 Å². The predicted molar refractivity (Wildman–Crippen MR) is 65.3 cm³/mol. The maximum Gasteiger partial charge on any atom is 0.0604 e. The first-order valence-electron chi connectivity index (χ1n) is 6.88. The quantitative estimate of drug-likeness (QED) is 0.720. The smallest absolute Gasteiger partial charge is 0.0604 e. The lowest BCUT2D eigenvalue weighted by molar-refractivity contribution is -0.0107. The average Bonchev–Trinajstić information content (AvgIpc) is 2.82. The van der Waals surface area contributed by atoms with Crippen LogP contribution in [0, 0.1) is 17.8 Å². The maximum atomic E-state index is 5.58. The van der Waals surface area contributed by atoms with Gasteiger partial charge in [-0.1, -0.05) is 12.2 Å². The van der Waals surface area contributed by atoms with E-state index in [2.05, 4.69) is 24.4 Å². The van der Waals surface area contributed by atoms with Gasteiger partial charge in [0, 0.05) is 12.6 Å². The standard InChI is InChI=1S/C14H23NO/c1-2-16-14-7-13(8-14)15-9-12-6-10-3-4-11(12)5-10/h3-4,10-15H,2,5-9H2,1H3. The van der Waals surface area contributed by atoms with E-state index < -0.39 is 0 Å². The van der Waals surface area contributed by atoms with Gasteiger partial charge < -0.3 is 10.1 Å². The van der Waals surface area contributed by atoms with Crippen molar-refractivity contribution in [1.29, 1.82) is 0 Å². The van der Waals surface area contributed by atoms with Gasteiger partial charge in [-0.05, 0) is 56.9 Å². The summed E-state index contributed by atoms with van der Waals surface area (Å²) in [6.07, 6.45) is 10.7. The SMILES string of the molecule is CCOC1CC(NCC2CC3C=CC2C3)C1. The molecule has 0 saturated heterocycles. The first-order chi connectivity index (χ1) is 7.85. The van der Waals surface area contributed by atoms with E-state index in [1.165, 1.54) is 32.2 Å². The third-order valence-corrected chi connectivity index (χ3v) is 4.58. The van der Waals surface area contributed by atoms with E-state index in [1.807, 2.05) is 0 Å². The number of allylic oxidation sites excluding steroid dienone is 2. The van der Waals surface area contributed by atoms with Crippen molar-refractivity contribution in [1.82, 2.24) is 5.32 Å². The lowest BCUT2D eigenvalue weighted by Gasteiger charge is -2.36. The molecule has 0 aromatic rings. The van der Waals surface area contributed by atoms with Gasteiger partial charge in [0.25, 0.3) is 0 Å². The van der Waals surface area contributed by atoms with Crippen LogP contribution in [0.4, 0.5) is 0 Å². The molecule has 3 atom stereocenters. The second-order valence-electron chi connectivity index (χ2n) is 5.69. The van der Waals surface area contributed by atoms with Crippen molar-refractivity contribution in [3.8, 4) is 0 Å². The predicted octanol–water partition coefficient (Wildman–Crippen LogP) is 2.36. The van der Waals surface area contributed by atoms with Crippen LogP contribution >= 0.6 is 0 Å². The number of hydrogen-bond acceptors (Lipinski definition) is 2. The van der Waals surface area contributed by atoms with Crippen LogP contribution in [0.2, 0.25) is 0 Å². The molecule has 0 heterocycles. The highest BCUT2D eigenvalue weighted by atomic mass is 16.5. The Bertz CT molecular complexity index is 270.